The van der Waals surface area contributed by atoms with Gasteiger partial charge < -0.3 is 0 Å². The Labute approximate surface area is 319 Å². The summed E-state index contributed by atoms with van der Waals surface area (Å²) in [6.45, 7) is 23.9. The van der Waals surface area contributed by atoms with E-state index in [9.17, 15) is 0 Å². The van der Waals surface area contributed by atoms with Gasteiger partial charge in [-0.05, 0) is 107 Å². The molecule has 0 bridgehead atoms. The molecule has 0 saturated heterocycles. The highest BCUT2D eigenvalue weighted by Crippen LogP contribution is 2.54. The topological polar surface area (TPSA) is 0 Å². The van der Waals surface area contributed by atoms with Gasteiger partial charge in [0.1, 0.15) is 0 Å². The summed E-state index contributed by atoms with van der Waals surface area (Å²) in [6, 6.07) is 48.9. The SMILES string of the molecule is CC(C)(C)c1cc2c(c(C(C)(C)C)c1)C(C)(C)c1cc(CCC(c3ccc(-c4ccccc4)cc3)c3ccc4c(c3)C(C)(C)c3ccccc3-4)ccc1-2. The average molecular weight is 693 g/mol. The van der Waals surface area contributed by atoms with Crippen LogP contribution in [-0.4, -0.2) is 0 Å². The molecule has 0 aromatic heterocycles. The van der Waals surface area contributed by atoms with Crippen LogP contribution in [0.3, 0.4) is 0 Å². The van der Waals surface area contributed by atoms with Gasteiger partial charge in [0.25, 0.3) is 0 Å². The first-order valence-corrected chi connectivity index (χ1v) is 19.8. The predicted octanol–water partition coefficient (Wildman–Crippen LogP) is 14.3. The number of fused-ring (bicyclic) bond motifs is 6. The van der Waals surface area contributed by atoms with E-state index >= 15 is 0 Å². The van der Waals surface area contributed by atoms with Crippen LogP contribution in [0.4, 0.5) is 0 Å². The highest BCUT2D eigenvalue weighted by atomic mass is 14.4. The van der Waals surface area contributed by atoms with Crippen molar-refractivity contribution >= 4 is 0 Å². The maximum Gasteiger partial charge on any atom is 0.0161 e. The summed E-state index contributed by atoms with van der Waals surface area (Å²) in [5, 5.41) is 0. The smallest absolute Gasteiger partial charge is 0.0161 e. The van der Waals surface area contributed by atoms with Gasteiger partial charge in [-0.2, -0.15) is 0 Å². The Hall–Kier alpha value is -4.68. The van der Waals surface area contributed by atoms with E-state index < -0.39 is 0 Å². The first-order chi connectivity index (χ1) is 25.0. The molecule has 0 radical (unpaired) electrons. The van der Waals surface area contributed by atoms with Crippen molar-refractivity contribution in [2.75, 3.05) is 0 Å². The van der Waals surface area contributed by atoms with Gasteiger partial charge in [0.15, 0.2) is 0 Å². The molecule has 0 amide bonds. The van der Waals surface area contributed by atoms with E-state index in [2.05, 4.69) is 197 Å². The van der Waals surface area contributed by atoms with Crippen LogP contribution in [0.1, 0.15) is 132 Å². The highest BCUT2D eigenvalue weighted by molar-refractivity contribution is 5.84. The third-order valence-corrected chi connectivity index (χ3v) is 12.6. The van der Waals surface area contributed by atoms with Crippen molar-refractivity contribution in [2.45, 2.75) is 110 Å². The Bertz CT molecular complexity index is 2330. The Morgan fingerprint density at radius 1 is 0.472 bits per heavy atom. The van der Waals surface area contributed by atoms with E-state index in [0.29, 0.717) is 0 Å². The van der Waals surface area contributed by atoms with E-state index in [0.717, 1.165) is 12.8 Å². The second-order valence-electron chi connectivity index (χ2n) is 19.0. The summed E-state index contributed by atoms with van der Waals surface area (Å²) < 4.78 is 0. The van der Waals surface area contributed by atoms with Crippen molar-refractivity contribution in [2.24, 2.45) is 0 Å². The van der Waals surface area contributed by atoms with Gasteiger partial charge >= 0.3 is 0 Å². The molecule has 0 heteroatoms. The predicted molar refractivity (Wildman–Crippen MR) is 227 cm³/mol. The van der Waals surface area contributed by atoms with Crippen molar-refractivity contribution in [3.63, 3.8) is 0 Å². The van der Waals surface area contributed by atoms with Crippen LogP contribution >= 0.6 is 0 Å². The molecule has 6 aromatic rings. The molecular weight excluding hydrogens is 637 g/mol. The van der Waals surface area contributed by atoms with Crippen LogP contribution in [0.5, 0.6) is 0 Å². The molecule has 1 unspecified atom stereocenters. The second kappa shape index (κ2) is 12.4. The monoisotopic (exact) mass is 692 g/mol. The van der Waals surface area contributed by atoms with E-state index in [-0.39, 0.29) is 27.6 Å². The van der Waals surface area contributed by atoms with Crippen molar-refractivity contribution in [1.29, 1.82) is 0 Å². The fourth-order valence-electron chi connectivity index (χ4n) is 9.50. The molecule has 0 aliphatic heterocycles. The maximum absolute atomic E-state index is 2.55. The van der Waals surface area contributed by atoms with Crippen LogP contribution in [0.15, 0.2) is 127 Å². The quantitative estimate of drug-likeness (QED) is 0.163. The standard InChI is InChI=1S/C53H56/c1-50(2,3)39-32-44-43-28-21-34(30-46(43)53(9,10)49(44)48(33-39)51(4,5)6)20-27-40(37-24-22-36(23-25-37)35-16-12-11-13-17-35)38-26-29-42-41-18-14-15-19-45(41)52(7,8)47(42)31-38/h11-19,21-26,28-33,40H,20,27H2,1-10H3. The summed E-state index contributed by atoms with van der Waals surface area (Å²) in [5.74, 6) is 0.282. The average Bonchev–Trinajstić information content (AvgIpc) is 3.50. The van der Waals surface area contributed by atoms with Crippen molar-refractivity contribution in [1.82, 2.24) is 0 Å². The van der Waals surface area contributed by atoms with Gasteiger partial charge in [-0.25, -0.2) is 0 Å². The normalized spacial score (nSPS) is 15.7. The zero-order valence-electron chi connectivity index (χ0n) is 33.6. The van der Waals surface area contributed by atoms with E-state index in [1.807, 2.05) is 0 Å². The maximum atomic E-state index is 2.55. The zero-order chi connectivity index (χ0) is 37.5. The van der Waals surface area contributed by atoms with Gasteiger partial charge in [-0.1, -0.05) is 197 Å². The number of rotatable bonds is 6. The van der Waals surface area contributed by atoms with Crippen LogP contribution in [0, 0.1) is 0 Å². The van der Waals surface area contributed by atoms with Crippen LogP contribution in [0.25, 0.3) is 33.4 Å². The van der Waals surface area contributed by atoms with Gasteiger partial charge in [0, 0.05) is 16.7 Å². The Balaban J connectivity index is 1.17. The van der Waals surface area contributed by atoms with Gasteiger partial charge in [0.05, 0.1) is 0 Å². The summed E-state index contributed by atoms with van der Waals surface area (Å²) in [4.78, 5) is 0. The molecule has 1 atom stereocenters. The lowest BCUT2D eigenvalue weighted by atomic mass is 9.71. The number of aryl methyl sites for hydroxylation is 1. The molecule has 8 rings (SSSR count). The summed E-state index contributed by atoms with van der Waals surface area (Å²) in [7, 11) is 0. The van der Waals surface area contributed by atoms with E-state index in [1.165, 1.54) is 83.5 Å². The molecule has 0 heterocycles. The first kappa shape index (κ1) is 35.4. The molecule has 2 aliphatic carbocycles. The van der Waals surface area contributed by atoms with Crippen molar-refractivity contribution < 1.29 is 0 Å². The molecule has 0 nitrogen and oxygen atoms in total. The number of hydrogen-bond acceptors (Lipinski definition) is 0. The molecule has 268 valence electrons. The molecule has 2 aliphatic rings. The molecule has 0 spiro atoms. The van der Waals surface area contributed by atoms with Gasteiger partial charge in [-0.15, -0.1) is 0 Å². The minimum Gasteiger partial charge on any atom is -0.0622 e. The molecule has 0 fully saturated rings. The Morgan fingerprint density at radius 2 is 1.06 bits per heavy atom. The molecule has 6 aromatic carbocycles. The first-order valence-electron chi connectivity index (χ1n) is 19.8. The van der Waals surface area contributed by atoms with Crippen LogP contribution in [0.2, 0.25) is 0 Å². The number of benzene rings is 6. The largest absolute Gasteiger partial charge is 0.0622 e. The minimum absolute atomic E-state index is 0.0248. The van der Waals surface area contributed by atoms with Crippen LogP contribution < -0.4 is 0 Å². The minimum atomic E-state index is -0.0626. The summed E-state index contributed by atoms with van der Waals surface area (Å²) in [5.41, 5.74) is 21.2. The Morgan fingerprint density at radius 3 is 1.75 bits per heavy atom. The van der Waals surface area contributed by atoms with Gasteiger partial charge in [-0.3, -0.25) is 0 Å². The molecule has 0 N–H and O–H groups in total. The van der Waals surface area contributed by atoms with E-state index in [4.69, 9.17) is 0 Å². The van der Waals surface area contributed by atoms with Gasteiger partial charge in [0.2, 0.25) is 0 Å². The zero-order valence-corrected chi connectivity index (χ0v) is 33.6. The molecule has 0 saturated carbocycles. The fraction of sp³-hybridized carbons (Fsp3) is 0.321. The lowest BCUT2D eigenvalue weighted by Crippen LogP contribution is -2.24. The third kappa shape index (κ3) is 6.00. The third-order valence-electron chi connectivity index (χ3n) is 12.6. The summed E-state index contributed by atoms with van der Waals surface area (Å²) in [6.07, 6.45) is 2.06. The lowest BCUT2D eigenvalue weighted by molar-refractivity contribution is 0.545. The second-order valence-corrected chi connectivity index (χ2v) is 19.0. The molecule has 53 heavy (non-hydrogen) atoms. The van der Waals surface area contributed by atoms with Crippen molar-refractivity contribution in [3.8, 4) is 33.4 Å². The Kier molecular flexibility index (Phi) is 8.30. The summed E-state index contributed by atoms with van der Waals surface area (Å²) >= 11 is 0. The number of hydrogen-bond donors (Lipinski definition) is 0. The van der Waals surface area contributed by atoms with Crippen LogP contribution in [-0.2, 0) is 28.1 Å². The van der Waals surface area contributed by atoms with E-state index in [1.54, 1.807) is 0 Å². The highest BCUT2D eigenvalue weighted by Gasteiger charge is 2.41. The van der Waals surface area contributed by atoms with Crippen molar-refractivity contribution in [3.05, 3.63) is 177 Å². The lowest BCUT2D eigenvalue weighted by Gasteiger charge is -2.32. The molecular formula is C53H56. The fourth-order valence-corrected chi connectivity index (χ4v) is 9.50.